The lowest BCUT2D eigenvalue weighted by atomic mass is 10.2. The first-order valence-electron chi connectivity index (χ1n) is 5.53. The fourth-order valence-electron chi connectivity index (χ4n) is 1.73. The second-order valence-electron chi connectivity index (χ2n) is 3.80. The third-order valence-corrected chi connectivity index (χ3v) is 2.57. The van der Waals surface area contributed by atoms with Gasteiger partial charge in [0.25, 0.3) is 0 Å². The van der Waals surface area contributed by atoms with E-state index in [2.05, 4.69) is 15.0 Å². The summed E-state index contributed by atoms with van der Waals surface area (Å²) in [5.74, 6) is 1.46. The van der Waals surface area contributed by atoms with Crippen molar-refractivity contribution in [1.82, 2.24) is 15.0 Å². The van der Waals surface area contributed by atoms with Gasteiger partial charge in [-0.25, -0.2) is 4.98 Å². The molecule has 0 atom stereocenters. The van der Waals surface area contributed by atoms with Gasteiger partial charge in [0.2, 0.25) is 5.88 Å². The van der Waals surface area contributed by atoms with Crippen LogP contribution in [0.3, 0.4) is 0 Å². The maximum atomic E-state index is 8.96. The summed E-state index contributed by atoms with van der Waals surface area (Å²) in [6, 6.07) is 9.35. The number of H-pyrrole nitrogens is 1. The second kappa shape index (κ2) is 4.46. The van der Waals surface area contributed by atoms with E-state index in [4.69, 9.17) is 9.84 Å². The Labute approximate surface area is 103 Å². The molecule has 90 valence electrons. The van der Waals surface area contributed by atoms with Crippen LogP contribution in [0.1, 0.15) is 5.82 Å². The maximum Gasteiger partial charge on any atom is 0.222 e. The summed E-state index contributed by atoms with van der Waals surface area (Å²) in [6.45, 7) is -0.200. The molecule has 3 rings (SSSR count). The van der Waals surface area contributed by atoms with Crippen LogP contribution in [0.4, 0.5) is 0 Å². The molecule has 2 aromatic heterocycles. The zero-order chi connectivity index (χ0) is 12.4. The Kier molecular flexibility index (Phi) is 2.66. The van der Waals surface area contributed by atoms with Crippen molar-refractivity contribution in [1.29, 1.82) is 0 Å². The van der Waals surface area contributed by atoms with Crippen LogP contribution in [0.15, 0.2) is 42.7 Å². The van der Waals surface area contributed by atoms with Gasteiger partial charge >= 0.3 is 0 Å². The normalized spacial score (nSPS) is 10.7. The third kappa shape index (κ3) is 2.03. The number of nitrogens with one attached hydrogen (secondary N) is 1. The summed E-state index contributed by atoms with van der Waals surface area (Å²) in [7, 11) is 0. The van der Waals surface area contributed by atoms with Gasteiger partial charge in [-0.05, 0) is 24.3 Å². The van der Waals surface area contributed by atoms with Gasteiger partial charge in [0, 0.05) is 29.4 Å². The predicted molar refractivity (Wildman–Crippen MR) is 66.3 cm³/mol. The van der Waals surface area contributed by atoms with E-state index in [-0.39, 0.29) is 6.61 Å². The van der Waals surface area contributed by atoms with Crippen LogP contribution in [0.5, 0.6) is 11.6 Å². The average molecular weight is 241 g/mol. The zero-order valence-electron chi connectivity index (χ0n) is 9.50. The van der Waals surface area contributed by atoms with E-state index < -0.39 is 0 Å². The summed E-state index contributed by atoms with van der Waals surface area (Å²) >= 11 is 0. The monoisotopic (exact) mass is 241 g/mol. The molecule has 2 heterocycles. The maximum absolute atomic E-state index is 8.96. The molecule has 3 aromatic rings. The van der Waals surface area contributed by atoms with Crippen LogP contribution < -0.4 is 4.74 Å². The molecular weight excluding hydrogens is 230 g/mol. The Hall–Kier alpha value is -2.40. The van der Waals surface area contributed by atoms with Crippen LogP contribution in [0, 0.1) is 0 Å². The minimum Gasteiger partial charge on any atom is -0.439 e. The number of aromatic amines is 1. The summed E-state index contributed by atoms with van der Waals surface area (Å²) in [4.78, 5) is 11.1. The van der Waals surface area contributed by atoms with Crippen LogP contribution in [0.2, 0.25) is 0 Å². The number of rotatable bonds is 3. The number of aromatic nitrogens is 3. The van der Waals surface area contributed by atoms with Crippen molar-refractivity contribution in [3.63, 3.8) is 0 Å². The van der Waals surface area contributed by atoms with Gasteiger partial charge < -0.3 is 14.8 Å². The Bertz CT molecular complexity index is 679. The zero-order valence-corrected chi connectivity index (χ0v) is 9.50. The lowest BCUT2D eigenvalue weighted by Crippen LogP contribution is -1.96. The summed E-state index contributed by atoms with van der Waals surface area (Å²) in [6.07, 6.45) is 3.44. The summed E-state index contributed by atoms with van der Waals surface area (Å²) in [5, 5.41) is 10.0. The van der Waals surface area contributed by atoms with Crippen LogP contribution in [-0.2, 0) is 6.61 Å². The molecule has 5 heteroatoms. The summed E-state index contributed by atoms with van der Waals surface area (Å²) in [5.41, 5.74) is 1.06. The predicted octanol–water partition coefficient (Wildman–Crippen LogP) is 2.24. The van der Waals surface area contributed by atoms with Crippen molar-refractivity contribution >= 4 is 10.9 Å². The molecule has 0 saturated carbocycles. The first kappa shape index (κ1) is 10.7. The van der Waals surface area contributed by atoms with Crippen molar-refractivity contribution < 1.29 is 9.84 Å². The van der Waals surface area contributed by atoms with Crippen molar-refractivity contribution in [2.45, 2.75) is 6.61 Å². The number of aliphatic hydroxyl groups excluding tert-OH is 1. The SMILES string of the molecule is OCc1nccc(Oc2ccc3[nH]ccc3c2)n1. The largest absolute Gasteiger partial charge is 0.439 e. The molecule has 0 aliphatic carbocycles. The molecule has 1 aromatic carbocycles. The van der Waals surface area contributed by atoms with Gasteiger partial charge in [-0.15, -0.1) is 0 Å². The first-order valence-corrected chi connectivity index (χ1v) is 5.53. The minimum atomic E-state index is -0.200. The number of aliphatic hydroxyl groups is 1. The smallest absolute Gasteiger partial charge is 0.222 e. The lowest BCUT2D eigenvalue weighted by molar-refractivity contribution is 0.269. The van der Waals surface area contributed by atoms with Crippen LogP contribution in [-0.4, -0.2) is 20.1 Å². The molecule has 0 spiro atoms. The van der Waals surface area contributed by atoms with E-state index in [9.17, 15) is 0 Å². The Balaban J connectivity index is 1.90. The lowest BCUT2D eigenvalue weighted by Gasteiger charge is -2.05. The van der Waals surface area contributed by atoms with Crippen molar-refractivity contribution in [2.75, 3.05) is 0 Å². The fraction of sp³-hybridized carbons (Fsp3) is 0.0769. The number of hydrogen-bond donors (Lipinski definition) is 2. The van der Waals surface area contributed by atoms with Crippen molar-refractivity contribution in [2.24, 2.45) is 0 Å². The molecular formula is C13H11N3O2. The fourth-order valence-corrected chi connectivity index (χ4v) is 1.73. The first-order chi connectivity index (χ1) is 8.85. The van der Waals surface area contributed by atoms with Crippen molar-refractivity contribution in [3.8, 4) is 11.6 Å². The standard InChI is InChI=1S/C13H11N3O2/c17-8-12-15-6-4-13(16-12)18-10-1-2-11-9(7-10)3-5-14-11/h1-7,14,17H,8H2. The molecule has 2 N–H and O–H groups in total. The van der Waals surface area contributed by atoms with Gasteiger partial charge in [0.1, 0.15) is 12.4 Å². The Morgan fingerprint density at radius 3 is 3.06 bits per heavy atom. The van der Waals surface area contributed by atoms with Gasteiger partial charge in [0.05, 0.1) is 0 Å². The number of nitrogens with zero attached hydrogens (tertiary/aromatic N) is 2. The average Bonchev–Trinajstić information content (AvgIpc) is 2.86. The van der Waals surface area contributed by atoms with Crippen LogP contribution in [0.25, 0.3) is 10.9 Å². The van der Waals surface area contributed by atoms with E-state index in [0.29, 0.717) is 17.5 Å². The van der Waals surface area contributed by atoms with E-state index >= 15 is 0 Å². The highest BCUT2D eigenvalue weighted by Gasteiger charge is 2.02. The third-order valence-electron chi connectivity index (χ3n) is 2.57. The van der Waals surface area contributed by atoms with Gasteiger partial charge in [0.15, 0.2) is 5.82 Å². The molecule has 0 bridgehead atoms. The quantitative estimate of drug-likeness (QED) is 0.737. The van der Waals surface area contributed by atoms with E-state index in [1.807, 2.05) is 30.5 Å². The Morgan fingerprint density at radius 1 is 1.22 bits per heavy atom. The topological polar surface area (TPSA) is 71.0 Å². The number of fused-ring (bicyclic) bond motifs is 1. The van der Waals surface area contributed by atoms with Crippen molar-refractivity contribution in [3.05, 3.63) is 48.5 Å². The molecule has 0 unspecified atom stereocenters. The molecule has 0 fully saturated rings. The van der Waals surface area contributed by atoms with E-state index in [0.717, 1.165) is 10.9 Å². The molecule has 18 heavy (non-hydrogen) atoms. The van der Waals surface area contributed by atoms with E-state index in [1.165, 1.54) is 0 Å². The molecule has 0 aliphatic rings. The highest BCUT2D eigenvalue weighted by Crippen LogP contribution is 2.23. The number of benzene rings is 1. The molecule has 0 amide bonds. The highest BCUT2D eigenvalue weighted by atomic mass is 16.5. The van der Waals surface area contributed by atoms with Gasteiger partial charge in [-0.2, -0.15) is 4.98 Å². The summed E-state index contributed by atoms with van der Waals surface area (Å²) < 4.78 is 5.62. The second-order valence-corrected chi connectivity index (χ2v) is 3.80. The molecule has 0 aliphatic heterocycles. The van der Waals surface area contributed by atoms with Gasteiger partial charge in [-0.1, -0.05) is 0 Å². The Morgan fingerprint density at radius 2 is 2.17 bits per heavy atom. The number of hydrogen-bond acceptors (Lipinski definition) is 4. The minimum absolute atomic E-state index is 0.200. The molecule has 0 radical (unpaired) electrons. The van der Waals surface area contributed by atoms with E-state index in [1.54, 1.807) is 12.3 Å². The molecule has 0 saturated heterocycles. The van der Waals surface area contributed by atoms with Gasteiger partial charge in [-0.3, -0.25) is 0 Å². The van der Waals surface area contributed by atoms with Crippen LogP contribution >= 0.6 is 0 Å². The number of ether oxygens (including phenoxy) is 1. The highest BCUT2D eigenvalue weighted by molar-refractivity contribution is 5.80. The molecule has 5 nitrogen and oxygen atoms in total.